The van der Waals surface area contributed by atoms with Gasteiger partial charge in [-0.1, -0.05) is 6.92 Å². The first kappa shape index (κ1) is 8.04. The standard InChI is InChI=1S/C9H11N3O/c1-3-7-6-12-5-4-11(2)9(13)8(12)10-7/h4-6H,3H2,1-2H3. The molecule has 0 saturated carbocycles. The second kappa shape index (κ2) is 2.73. The molecular weight excluding hydrogens is 166 g/mol. The van der Waals surface area contributed by atoms with Crippen molar-refractivity contribution in [1.29, 1.82) is 0 Å². The molecule has 0 spiro atoms. The smallest absolute Gasteiger partial charge is 0.293 e. The van der Waals surface area contributed by atoms with Crippen LogP contribution in [0.5, 0.6) is 0 Å². The lowest BCUT2D eigenvalue weighted by Gasteiger charge is -1.95. The molecule has 0 bridgehead atoms. The number of hydrogen-bond acceptors (Lipinski definition) is 2. The van der Waals surface area contributed by atoms with Crippen molar-refractivity contribution >= 4 is 5.65 Å². The average molecular weight is 177 g/mol. The summed E-state index contributed by atoms with van der Waals surface area (Å²) in [7, 11) is 1.72. The highest BCUT2D eigenvalue weighted by Gasteiger charge is 2.03. The van der Waals surface area contributed by atoms with Gasteiger partial charge in [0.1, 0.15) is 0 Å². The lowest BCUT2D eigenvalue weighted by Crippen LogP contribution is -2.18. The van der Waals surface area contributed by atoms with E-state index in [0.717, 1.165) is 12.1 Å². The van der Waals surface area contributed by atoms with Crippen molar-refractivity contribution in [3.05, 3.63) is 34.6 Å². The van der Waals surface area contributed by atoms with Gasteiger partial charge in [-0.2, -0.15) is 0 Å². The molecule has 2 aromatic rings. The molecule has 2 heterocycles. The van der Waals surface area contributed by atoms with Crippen LogP contribution in [0, 0.1) is 0 Å². The highest BCUT2D eigenvalue weighted by atomic mass is 16.1. The molecule has 0 aromatic carbocycles. The Morgan fingerprint density at radius 3 is 2.92 bits per heavy atom. The summed E-state index contributed by atoms with van der Waals surface area (Å²) in [5.74, 6) is 0. The van der Waals surface area contributed by atoms with Crippen LogP contribution in [-0.2, 0) is 13.5 Å². The van der Waals surface area contributed by atoms with E-state index >= 15 is 0 Å². The molecule has 0 radical (unpaired) electrons. The van der Waals surface area contributed by atoms with Gasteiger partial charge in [-0.3, -0.25) is 4.79 Å². The maximum absolute atomic E-state index is 11.5. The summed E-state index contributed by atoms with van der Waals surface area (Å²) in [5, 5.41) is 0. The highest BCUT2D eigenvalue weighted by Crippen LogP contribution is 2.00. The van der Waals surface area contributed by atoms with Gasteiger partial charge in [0.2, 0.25) is 5.65 Å². The number of aryl methyl sites for hydroxylation is 2. The zero-order chi connectivity index (χ0) is 9.42. The lowest BCUT2D eigenvalue weighted by atomic mass is 10.4. The van der Waals surface area contributed by atoms with Crippen LogP contribution in [0.25, 0.3) is 5.65 Å². The second-order valence-electron chi connectivity index (χ2n) is 3.03. The zero-order valence-electron chi connectivity index (χ0n) is 7.69. The quantitative estimate of drug-likeness (QED) is 0.639. The van der Waals surface area contributed by atoms with Crippen molar-refractivity contribution in [1.82, 2.24) is 14.0 Å². The van der Waals surface area contributed by atoms with Crippen LogP contribution >= 0.6 is 0 Å². The van der Waals surface area contributed by atoms with Crippen LogP contribution in [0.4, 0.5) is 0 Å². The lowest BCUT2D eigenvalue weighted by molar-refractivity contribution is 0.842. The number of imidazole rings is 1. The third-order valence-corrected chi connectivity index (χ3v) is 2.11. The summed E-state index contributed by atoms with van der Waals surface area (Å²) >= 11 is 0. The van der Waals surface area contributed by atoms with Crippen LogP contribution in [0.1, 0.15) is 12.6 Å². The van der Waals surface area contributed by atoms with E-state index in [0.29, 0.717) is 5.65 Å². The first-order valence-electron chi connectivity index (χ1n) is 4.25. The molecule has 0 unspecified atom stereocenters. The van der Waals surface area contributed by atoms with Gasteiger partial charge in [-0.15, -0.1) is 0 Å². The second-order valence-corrected chi connectivity index (χ2v) is 3.03. The van der Waals surface area contributed by atoms with Crippen LogP contribution in [-0.4, -0.2) is 14.0 Å². The first-order chi connectivity index (χ1) is 6.22. The maximum Gasteiger partial charge on any atom is 0.293 e. The van der Waals surface area contributed by atoms with E-state index in [1.165, 1.54) is 4.57 Å². The maximum atomic E-state index is 11.5. The summed E-state index contributed by atoms with van der Waals surface area (Å²) in [6, 6.07) is 0. The van der Waals surface area contributed by atoms with E-state index in [4.69, 9.17) is 0 Å². The fourth-order valence-corrected chi connectivity index (χ4v) is 1.28. The SMILES string of the molecule is CCc1cn2ccn(C)c(=O)c2n1. The van der Waals surface area contributed by atoms with Crippen molar-refractivity contribution in [2.24, 2.45) is 7.05 Å². The average Bonchev–Trinajstić information content (AvgIpc) is 2.55. The summed E-state index contributed by atoms with van der Waals surface area (Å²) < 4.78 is 3.29. The van der Waals surface area contributed by atoms with E-state index in [1.54, 1.807) is 17.6 Å². The van der Waals surface area contributed by atoms with Crippen molar-refractivity contribution < 1.29 is 0 Å². The molecule has 0 saturated heterocycles. The first-order valence-corrected chi connectivity index (χ1v) is 4.25. The minimum Gasteiger partial charge on any atom is -0.314 e. The topological polar surface area (TPSA) is 39.3 Å². The van der Waals surface area contributed by atoms with Crippen molar-refractivity contribution in [3.63, 3.8) is 0 Å². The molecule has 0 aliphatic rings. The Bertz CT molecular complexity index is 495. The van der Waals surface area contributed by atoms with Crippen molar-refractivity contribution in [2.75, 3.05) is 0 Å². The predicted octanol–water partition coefficient (Wildman–Crippen LogP) is 0.595. The molecule has 0 atom stereocenters. The minimum absolute atomic E-state index is 0.0535. The molecule has 4 nitrogen and oxygen atoms in total. The molecule has 2 rings (SSSR count). The Hall–Kier alpha value is -1.58. The highest BCUT2D eigenvalue weighted by molar-refractivity contribution is 5.37. The summed E-state index contributed by atoms with van der Waals surface area (Å²) in [6.45, 7) is 2.02. The summed E-state index contributed by atoms with van der Waals surface area (Å²) in [6.07, 6.45) is 6.31. The zero-order valence-corrected chi connectivity index (χ0v) is 7.69. The number of rotatable bonds is 1. The Labute approximate surface area is 75.5 Å². The monoisotopic (exact) mass is 177 g/mol. The Balaban J connectivity index is 2.84. The molecule has 2 aromatic heterocycles. The molecule has 0 fully saturated rings. The van der Waals surface area contributed by atoms with Crippen LogP contribution in [0.2, 0.25) is 0 Å². The van der Waals surface area contributed by atoms with Gasteiger partial charge in [0.05, 0.1) is 5.69 Å². The third-order valence-electron chi connectivity index (χ3n) is 2.11. The van der Waals surface area contributed by atoms with Crippen molar-refractivity contribution in [2.45, 2.75) is 13.3 Å². The number of hydrogen-bond donors (Lipinski definition) is 0. The Morgan fingerprint density at radius 1 is 1.46 bits per heavy atom. The van der Waals surface area contributed by atoms with E-state index in [2.05, 4.69) is 4.98 Å². The van der Waals surface area contributed by atoms with Crippen LogP contribution in [0.3, 0.4) is 0 Å². The van der Waals surface area contributed by atoms with Gasteiger partial charge in [-0.25, -0.2) is 4.98 Å². The van der Waals surface area contributed by atoms with Crippen LogP contribution < -0.4 is 5.56 Å². The molecular formula is C9H11N3O. The largest absolute Gasteiger partial charge is 0.314 e. The van der Waals surface area contributed by atoms with E-state index in [1.807, 2.05) is 19.3 Å². The number of nitrogens with zero attached hydrogens (tertiary/aromatic N) is 3. The normalized spacial score (nSPS) is 10.9. The predicted molar refractivity (Wildman–Crippen MR) is 49.8 cm³/mol. The summed E-state index contributed by atoms with van der Waals surface area (Å²) in [5.41, 5.74) is 1.40. The Morgan fingerprint density at radius 2 is 2.23 bits per heavy atom. The molecule has 0 N–H and O–H groups in total. The molecule has 13 heavy (non-hydrogen) atoms. The fourth-order valence-electron chi connectivity index (χ4n) is 1.28. The molecule has 0 amide bonds. The van der Waals surface area contributed by atoms with E-state index < -0.39 is 0 Å². The van der Waals surface area contributed by atoms with Gasteiger partial charge in [0.25, 0.3) is 5.56 Å². The van der Waals surface area contributed by atoms with Gasteiger partial charge in [0, 0.05) is 25.6 Å². The van der Waals surface area contributed by atoms with Crippen molar-refractivity contribution in [3.8, 4) is 0 Å². The van der Waals surface area contributed by atoms with Crippen LogP contribution in [0.15, 0.2) is 23.4 Å². The Kier molecular flexibility index (Phi) is 1.69. The molecule has 0 aliphatic carbocycles. The summed E-state index contributed by atoms with van der Waals surface area (Å²) in [4.78, 5) is 15.8. The fraction of sp³-hybridized carbons (Fsp3) is 0.333. The van der Waals surface area contributed by atoms with E-state index in [9.17, 15) is 4.79 Å². The number of fused-ring (bicyclic) bond motifs is 1. The molecule has 0 aliphatic heterocycles. The van der Waals surface area contributed by atoms with Gasteiger partial charge >= 0.3 is 0 Å². The molecule has 4 heteroatoms. The third kappa shape index (κ3) is 1.14. The van der Waals surface area contributed by atoms with E-state index in [-0.39, 0.29) is 5.56 Å². The molecule has 68 valence electrons. The number of aromatic nitrogens is 3. The van der Waals surface area contributed by atoms with Gasteiger partial charge in [0.15, 0.2) is 0 Å². The van der Waals surface area contributed by atoms with Gasteiger partial charge in [-0.05, 0) is 6.42 Å². The minimum atomic E-state index is -0.0535. The van der Waals surface area contributed by atoms with Gasteiger partial charge < -0.3 is 8.97 Å².